The first-order valence-corrected chi connectivity index (χ1v) is 10.6. The fourth-order valence-electron chi connectivity index (χ4n) is 4.77. The van der Waals surface area contributed by atoms with Gasteiger partial charge in [0.15, 0.2) is 17.2 Å². The summed E-state index contributed by atoms with van der Waals surface area (Å²) in [4.78, 5) is 17.3. The Morgan fingerprint density at radius 3 is 2.68 bits per heavy atom. The highest BCUT2D eigenvalue weighted by Crippen LogP contribution is 2.55. The summed E-state index contributed by atoms with van der Waals surface area (Å²) in [5.74, 6) is -6.75. The zero-order chi connectivity index (χ0) is 25.0. The van der Waals surface area contributed by atoms with Crippen molar-refractivity contribution in [1.82, 2.24) is 4.98 Å². The monoisotopic (exact) mass is 486 g/mol. The SMILES string of the molecule is COc1c([C@H]2[C@H](C(=O)Nc3cnc4c(c3)CC[C@@H]4O)O[C@@](C)(C(F)(F)F)[C@H]2C)ccc(F)c1F. The van der Waals surface area contributed by atoms with E-state index in [1.165, 1.54) is 13.1 Å². The number of nitrogens with one attached hydrogen (secondary N) is 1. The van der Waals surface area contributed by atoms with Crippen LogP contribution in [0.2, 0.25) is 0 Å². The molecule has 1 aromatic carbocycles. The van der Waals surface area contributed by atoms with Crippen LogP contribution in [-0.2, 0) is 16.0 Å². The van der Waals surface area contributed by atoms with Gasteiger partial charge in [-0.15, -0.1) is 0 Å². The van der Waals surface area contributed by atoms with Gasteiger partial charge < -0.3 is 19.9 Å². The van der Waals surface area contributed by atoms with Crippen molar-refractivity contribution < 1.29 is 41.3 Å². The van der Waals surface area contributed by atoms with Crippen molar-refractivity contribution in [2.75, 3.05) is 12.4 Å². The zero-order valence-corrected chi connectivity index (χ0v) is 18.5. The number of nitrogens with zero attached hydrogens (tertiary/aromatic N) is 1. The molecule has 0 unspecified atom stereocenters. The van der Waals surface area contributed by atoms with Crippen LogP contribution in [0.3, 0.4) is 0 Å². The Morgan fingerprint density at radius 1 is 1.32 bits per heavy atom. The van der Waals surface area contributed by atoms with E-state index in [1.54, 1.807) is 6.07 Å². The fraction of sp³-hybridized carbons (Fsp3) is 0.478. The molecule has 2 heterocycles. The molecular weight excluding hydrogens is 463 g/mol. The summed E-state index contributed by atoms with van der Waals surface area (Å²) in [6, 6.07) is 3.46. The third-order valence-electron chi connectivity index (χ3n) is 6.84. The van der Waals surface area contributed by atoms with Gasteiger partial charge in [0.2, 0.25) is 5.82 Å². The number of aryl methyl sites for hydroxylation is 1. The average Bonchev–Trinajstić information content (AvgIpc) is 3.27. The first-order valence-electron chi connectivity index (χ1n) is 10.6. The lowest BCUT2D eigenvalue weighted by Gasteiger charge is -2.32. The fourth-order valence-corrected chi connectivity index (χ4v) is 4.77. The van der Waals surface area contributed by atoms with Crippen LogP contribution in [0.4, 0.5) is 27.6 Å². The van der Waals surface area contributed by atoms with Crippen LogP contribution in [0.25, 0.3) is 0 Å². The summed E-state index contributed by atoms with van der Waals surface area (Å²) >= 11 is 0. The number of anilines is 1. The normalized spacial score (nSPS) is 28.6. The lowest BCUT2D eigenvalue weighted by atomic mass is 9.77. The maximum absolute atomic E-state index is 14.4. The van der Waals surface area contributed by atoms with Crippen molar-refractivity contribution in [2.24, 2.45) is 5.92 Å². The van der Waals surface area contributed by atoms with E-state index in [0.29, 0.717) is 24.1 Å². The lowest BCUT2D eigenvalue weighted by molar-refractivity contribution is -0.272. The minimum Gasteiger partial charge on any atom is -0.493 e. The van der Waals surface area contributed by atoms with Crippen LogP contribution in [0.1, 0.15) is 49.1 Å². The number of rotatable bonds is 4. The summed E-state index contributed by atoms with van der Waals surface area (Å²) in [5.41, 5.74) is -1.44. The first kappa shape index (κ1) is 24.3. The Hall–Kier alpha value is -2.79. The molecule has 34 heavy (non-hydrogen) atoms. The van der Waals surface area contributed by atoms with Gasteiger partial charge in [-0.05, 0) is 37.5 Å². The molecule has 0 bridgehead atoms. The second-order valence-corrected chi connectivity index (χ2v) is 8.75. The minimum absolute atomic E-state index is 0.114. The molecule has 6 nitrogen and oxygen atoms in total. The molecular formula is C23H23F5N2O4. The Labute approximate surface area is 192 Å². The van der Waals surface area contributed by atoms with Crippen molar-refractivity contribution in [3.63, 3.8) is 0 Å². The predicted octanol–water partition coefficient (Wildman–Crippen LogP) is 4.43. The number of benzene rings is 1. The quantitative estimate of drug-likeness (QED) is 0.626. The van der Waals surface area contributed by atoms with E-state index in [9.17, 15) is 31.9 Å². The highest BCUT2D eigenvalue weighted by atomic mass is 19.4. The Kier molecular flexibility index (Phi) is 6.05. The maximum atomic E-state index is 14.4. The number of alkyl halides is 3. The van der Waals surface area contributed by atoms with E-state index < -0.39 is 59.1 Å². The molecule has 2 N–H and O–H groups in total. The molecule has 1 aliphatic heterocycles. The molecule has 1 aliphatic carbocycles. The number of aliphatic hydroxyl groups excluding tert-OH is 1. The van der Waals surface area contributed by atoms with Gasteiger partial charge in [-0.3, -0.25) is 9.78 Å². The summed E-state index contributed by atoms with van der Waals surface area (Å²) in [6.45, 7) is 2.06. The molecule has 1 amide bonds. The van der Waals surface area contributed by atoms with Crippen LogP contribution >= 0.6 is 0 Å². The van der Waals surface area contributed by atoms with Crippen LogP contribution in [0.15, 0.2) is 24.4 Å². The van der Waals surface area contributed by atoms with Gasteiger partial charge >= 0.3 is 6.18 Å². The molecule has 2 aromatic rings. The van der Waals surface area contributed by atoms with E-state index in [0.717, 1.165) is 26.2 Å². The number of hydrogen-bond donors (Lipinski definition) is 2. The third-order valence-corrected chi connectivity index (χ3v) is 6.84. The maximum Gasteiger partial charge on any atom is 0.417 e. The average molecular weight is 486 g/mol. The number of carbonyl (C=O) groups excluding carboxylic acids is 1. The molecule has 184 valence electrons. The Morgan fingerprint density at radius 2 is 2.03 bits per heavy atom. The van der Waals surface area contributed by atoms with Crippen molar-refractivity contribution in [3.05, 3.63) is 52.9 Å². The number of ether oxygens (including phenoxy) is 2. The van der Waals surface area contributed by atoms with Gasteiger partial charge in [0, 0.05) is 17.4 Å². The molecule has 1 aromatic heterocycles. The molecule has 2 aliphatic rings. The highest BCUT2D eigenvalue weighted by Gasteiger charge is 2.65. The standard InChI is InChI=1S/C23H23F5N2O4/c1-10-16(13-5-6-14(24)17(25)19(13)33-3)20(34-22(10,2)23(26,27)28)21(32)30-12-8-11-4-7-15(31)18(11)29-9-12/h5-6,8-10,15-16,20,31H,4,7H2,1-3H3,(H,30,32)/t10-,15-,16-,20+,22+/m0/s1. The number of carbonyl (C=O) groups is 1. The van der Waals surface area contributed by atoms with E-state index >= 15 is 0 Å². The van der Waals surface area contributed by atoms with Gasteiger partial charge in [0.05, 0.1) is 30.8 Å². The summed E-state index contributed by atoms with van der Waals surface area (Å²) in [7, 11) is 1.06. The minimum atomic E-state index is -4.85. The first-order chi connectivity index (χ1) is 15.9. The molecule has 5 atom stereocenters. The van der Waals surface area contributed by atoms with Crippen molar-refractivity contribution in [2.45, 2.75) is 56.6 Å². The van der Waals surface area contributed by atoms with E-state index in [2.05, 4.69) is 10.3 Å². The van der Waals surface area contributed by atoms with Crippen LogP contribution in [0.5, 0.6) is 5.75 Å². The summed E-state index contributed by atoms with van der Waals surface area (Å²) in [6.07, 6.45) is -4.96. The van der Waals surface area contributed by atoms with Crippen molar-refractivity contribution in [3.8, 4) is 5.75 Å². The Bertz CT molecular complexity index is 1130. The molecule has 4 rings (SSSR count). The zero-order valence-electron chi connectivity index (χ0n) is 18.5. The molecule has 0 spiro atoms. The number of halogens is 5. The van der Waals surface area contributed by atoms with Crippen LogP contribution in [-0.4, -0.2) is 41.0 Å². The Balaban J connectivity index is 1.73. The summed E-state index contributed by atoms with van der Waals surface area (Å²) in [5, 5.41) is 12.4. The van der Waals surface area contributed by atoms with Gasteiger partial charge in [-0.2, -0.15) is 17.6 Å². The second-order valence-electron chi connectivity index (χ2n) is 8.75. The van der Waals surface area contributed by atoms with E-state index in [1.807, 2.05) is 0 Å². The molecule has 11 heteroatoms. The number of aromatic nitrogens is 1. The van der Waals surface area contributed by atoms with Crippen molar-refractivity contribution in [1.29, 1.82) is 0 Å². The largest absolute Gasteiger partial charge is 0.493 e. The van der Waals surface area contributed by atoms with E-state index in [-0.39, 0.29) is 11.3 Å². The molecule has 1 fully saturated rings. The van der Waals surface area contributed by atoms with Gasteiger partial charge in [-0.25, -0.2) is 4.39 Å². The number of amides is 1. The number of aliphatic hydroxyl groups is 1. The molecule has 1 saturated heterocycles. The van der Waals surface area contributed by atoms with Gasteiger partial charge in [-0.1, -0.05) is 13.0 Å². The van der Waals surface area contributed by atoms with E-state index in [4.69, 9.17) is 9.47 Å². The number of methoxy groups -OCH3 is 1. The predicted molar refractivity (Wildman–Crippen MR) is 110 cm³/mol. The highest BCUT2D eigenvalue weighted by molar-refractivity contribution is 5.95. The van der Waals surface area contributed by atoms with Gasteiger partial charge in [0.1, 0.15) is 6.10 Å². The third kappa shape index (κ3) is 3.80. The molecule has 0 saturated carbocycles. The second kappa shape index (κ2) is 8.46. The smallest absolute Gasteiger partial charge is 0.417 e. The number of hydrogen-bond acceptors (Lipinski definition) is 5. The van der Waals surface area contributed by atoms with Crippen LogP contribution in [0, 0.1) is 17.6 Å². The van der Waals surface area contributed by atoms with Crippen LogP contribution < -0.4 is 10.1 Å². The topological polar surface area (TPSA) is 80.7 Å². The lowest BCUT2D eigenvalue weighted by Crippen LogP contribution is -2.47. The number of pyridine rings is 1. The molecule has 0 radical (unpaired) electrons. The summed E-state index contributed by atoms with van der Waals surface area (Å²) < 4.78 is 80.5. The van der Waals surface area contributed by atoms with Crippen molar-refractivity contribution >= 4 is 11.6 Å². The van der Waals surface area contributed by atoms with Gasteiger partial charge in [0.25, 0.3) is 5.91 Å². The number of fused-ring (bicyclic) bond motifs is 1.